The highest BCUT2D eigenvalue weighted by Crippen LogP contribution is 2.15. The molecule has 2 N–H and O–H groups in total. The molecule has 22 heavy (non-hydrogen) atoms. The molecular weight excluding hydrogens is 274 g/mol. The van der Waals surface area contributed by atoms with Gasteiger partial charge in [-0.1, -0.05) is 36.8 Å². The highest BCUT2D eigenvalue weighted by atomic mass is 16.3. The number of hydrogen-bond donors (Lipinski definition) is 2. The maximum absolute atomic E-state index is 10.3. The molecule has 0 aliphatic rings. The van der Waals surface area contributed by atoms with Gasteiger partial charge in [0.15, 0.2) is 0 Å². The summed E-state index contributed by atoms with van der Waals surface area (Å²) < 4.78 is 2.07. The molecule has 1 aromatic carbocycles. The summed E-state index contributed by atoms with van der Waals surface area (Å²) in [4.78, 5) is 0. The minimum Gasteiger partial charge on any atom is -0.387 e. The Bertz CT molecular complexity index is 619. The normalized spacial score (nSPS) is 12.6. The molecule has 2 rings (SSSR count). The van der Waals surface area contributed by atoms with Gasteiger partial charge in [-0.3, -0.25) is 4.68 Å². The molecule has 0 aliphatic carbocycles. The Labute approximate surface area is 133 Å². The van der Waals surface area contributed by atoms with E-state index in [9.17, 15) is 5.11 Å². The zero-order valence-corrected chi connectivity index (χ0v) is 14.1. The Hall–Kier alpha value is -1.65. The van der Waals surface area contributed by atoms with E-state index in [1.165, 1.54) is 16.8 Å². The molecule has 0 radical (unpaired) electrons. The second kappa shape index (κ2) is 7.56. The summed E-state index contributed by atoms with van der Waals surface area (Å²) in [5.74, 6) is 0. The summed E-state index contributed by atoms with van der Waals surface area (Å²) in [6, 6.07) is 8.02. The van der Waals surface area contributed by atoms with Gasteiger partial charge in [-0.15, -0.1) is 0 Å². The quantitative estimate of drug-likeness (QED) is 0.826. The molecule has 2 aromatic rings. The van der Waals surface area contributed by atoms with Crippen LogP contribution in [-0.4, -0.2) is 21.4 Å². The van der Waals surface area contributed by atoms with Crippen LogP contribution in [-0.2, 0) is 13.1 Å². The summed E-state index contributed by atoms with van der Waals surface area (Å²) >= 11 is 0. The van der Waals surface area contributed by atoms with Crippen LogP contribution in [0.4, 0.5) is 0 Å². The largest absolute Gasteiger partial charge is 0.387 e. The molecule has 0 saturated heterocycles. The summed E-state index contributed by atoms with van der Waals surface area (Å²) in [6.07, 6.45) is 0.604. The maximum atomic E-state index is 10.3. The molecule has 0 saturated carbocycles. The molecule has 1 unspecified atom stereocenters. The molecule has 0 bridgehead atoms. The first-order valence-electron chi connectivity index (χ1n) is 8.01. The van der Waals surface area contributed by atoms with Crippen LogP contribution in [0.15, 0.2) is 24.3 Å². The lowest BCUT2D eigenvalue weighted by Crippen LogP contribution is -2.21. The van der Waals surface area contributed by atoms with Crippen molar-refractivity contribution in [2.45, 2.75) is 53.3 Å². The van der Waals surface area contributed by atoms with Gasteiger partial charge < -0.3 is 10.4 Å². The molecule has 1 aromatic heterocycles. The van der Waals surface area contributed by atoms with Crippen molar-refractivity contribution in [2.24, 2.45) is 0 Å². The first-order valence-corrected chi connectivity index (χ1v) is 8.01. The van der Waals surface area contributed by atoms with Crippen LogP contribution in [0.5, 0.6) is 0 Å². The van der Waals surface area contributed by atoms with E-state index >= 15 is 0 Å². The smallest absolute Gasteiger partial charge is 0.0914 e. The van der Waals surface area contributed by atoms with Crippen LogP contribution in [0.2, 0.25) is 0 Å². The molecule has 0 spiro atoms. The molecule has 0 amide bonds. The van der Waals surface area contributed by atoms with E-state index in [0.717, 1.165) is 30.8 Å². The Morgan fingerprint density at radius 2 is 2.05 bits per heavy atom. The first kappa shape index (κ1) is 16.7. The molecule has 1 atom stereocenters. The van der Waals surface area contributed by atoms with E-state index in [1.54, 1.807) is 0 Å². The van der Waals surface area contributed by atoms with Crippen LogP contribution in [0.25, 0.3) is 0 Å². The average Bonchev–Trinajstić information content (AvgIpc) is 2.75. The Morgan fingerprint density at radius 3 is 2.73 bits per heavy atom. The van der Waals surface area contributed by atoms with Gasteiger partial charge in [-0.2, -0.15) is 5.10 Å². The van der Waals surface area contributed by atoms with Gasteiger partial charge in [0.05, 0.1) is 11.8 Å². The minimum atomic E-state index is -0.480. The Morgan fingerprint density at radius 1 is 1.27 bits per heavy atom. The standard InChI is InChI=1S/C18H27N3O/c1-5-9-21-15(4)17(14(3)20-21)11-19-12-18(22)16-8-6-7-13(2)10-16/h6-8,10,18-19,22H,5,9,11-12H2,1-4H3. The van der Waals surface area contributed by atoms with Crippen molar-refractivity contribution in [3.05, 3.63) is 52.3 Å². The number of benzene rings is 1. The van der Waals surface area contributed by atoms with Crippen molar-refractivity contribution in [3.63, 3.8) is 0 Å². The van der Waals surface area contributed by atoms with Gasteiger partial charge >= 0.3 is 0 Å². The molecule has 120 valence electrons. The lowest BCUT2D eigenvalue weighted by atomic mass is 10.1. The number of aliphatic hydroxyl groups is 1. The van der Waals surface area contributed by atoms with Crippen LogP contribution in [0.1, 0.15) is 47.5 Å². The zero-order chi connectivity index (χ0) is 16.1. The highest BCUT2D eigenvalue weighted by Gasteiger charge is 2.12. The number of aliphatic hydroxyl groups excluding tert-OH is 1. The summed E-state index contributed by atoms with van der Waals surface area (Å²) in [7, 11) is 0. The predicted octanol–water partition coefficient (Wildman–Crippen LogP) is 3.04. The molecule has 0 aliphatic heterocycles. The number of aryl methyl sites for hydroxylation is 3. The molecule has 4 heteroatoms. The van der Waals surface area contributed by atoms with Crippen LogP contribution >= 0.6 is 0 Å². The Kier molecular flexibility index (Phi) is 5.75. The van der Waals surface area contributed by atoms with E-state index < -0.39 is 6.10 Å². The van der Waals surface area contributed by atoms with Gasteiger partial charge in [0.2, 0.25) is 0 Å². The molecular formula is C18H27N3O. The van der Waals surface area contributed by atoms with E-state index in [0.29, 0.717) is 6.54 Å². The number of nitrogens with one attached hydrogen (secondary N) is 1. The Balaban J connectivity index is 1.94. The highest BCUT2D eigenvalue weighted by molar-refractivity contribution is 5.25. The van der Waals surface area contributed by atoms with Crippen LogP contribution in [0, 0.1) is 20.8 Å². The third-order valence-corrected chi connectivity index (χ3v) is 4.03. The fraction of sp³-hybridized carbons (Fsp3) is 0.500. The van der Waals surface area contributed by atoms with Gasteiger partial charge in [-0.05, 0) is 32.8 Å². The van der Waals surface area contributed by atoms with Crippen LogP contribution in [0.3, 0.4) is 0 Å². The van der Waals surface area contributed by atoms with E-state index in [1.807, 2.05) is 38.1 Å². The SMILES string of the molecule is CCCn1nc(C)c(CNCC(O)c2cccc(C)c2)c1C. The fourth-order valence-electron chi connectivity index (χ4n) is 2.75. The lowest BCUT2D eigenvalue weighted by Gasteiger charge is -2.13. The van der Waals surface area contributed by atoms with Gasteiger partial charge in [0.1, 0.15) is 0 Å². The zero-order valence-electron chi connectivity index (χ0n) is 14.1. The van der Waals surface area contributed by atoms with Crippen molar-refractivity contribution in [3.8, 4) is 0 Å². The summed E-state index contributed by atoms with van der Waals surface area (Å²) in [5, 5.41) is 18.2. The lowest BCUT2D eigenvalue weighted by molar-refractivity contribution is 0.174. The molecule has 0 fully saturated rings. The number of nitrogens with zero attached hydrogens (tertiary/aromatic N) is 2. The van der Waals surface area contributed by atoms with E-state index in [2.05, 4.69) is 28.9 Å². The van der Waals surface area contributed by atoms with Gasteiger partial charge in [0.25, 0.3) is 0 Å². The predicted molar refractivity (Wildman–Crippen MR) is 89.8 cm³/mol. The maximum Gasteiger partial charge on any atom is 0.0914 e. The topological polar surface area (TPSA) is 50.1 Å². The van der Waals surface area contributed by atoms with Crippen molar-refractivity contribution < 1.29 is 5.11 Å². The van der Waals surface area contributed by atoms with Crippen LogP contribution < -0.4 is 5.32 Å². The second-order valence-corrected chi connectivity index (χ2v) is 5.93. The number of aromatic nitrogens is 2. The summed E-state index contributed by atoms with van der Waals surface area (Å²) in [5.41, 5.74) is 5.66. The number of rotatable bonds is 7. The third kappa shape index (κ3) is 3.96. The van der Waals surface area contributed by atoms with Crippen molar-refractivity contribution >= 4 is 0 Å². The second-order valence-electron chi connectivity index (χ2n) is 5.93. The summed E-state index contributed by atoms with van der Waals surface area (Å²) in [6.45, 7) is 10.6. The third-order valence-electron chi connectivity index (χ3n) is 4.03. The van der Waals surface area contributed by atoms with Crippen molar-refractivity contribution in [1.82, 2.24) is 15.1 Å². The van der Waals surface area contributed by atoms with Crippen molar-refractivity contribution in [1.29, 1.82) is 0 Å². The first-order chi connectivity index (χ1) is 10.5. The van der Waals surface area contributed by atoms with Gasteiger partial charge in [0, 0.05) is 30.9 Å². The fourth-order valence-corrected chi connectivity index (χ4v) is 2.75. The van der Waals surface area contributed by atoms with E-state index in [4.69, 9.17) is 0 Å². The van der Waals surface area contributed by atoms with Gasteiger partial charge in [-0.25, -0.2) is 0 Å². The van der Waals surface area contributed by atoms with Crippen molar-refractivity contribution in [2.75, 3.05) is 6.54 Å². The minimum absolute atomic E-state index is 0.480. The molecule has 1 heterocycles. The molecule has 4 nitrogen and oxygen atoms in total. The number of hydrogen-bond acceptors (Lipinski definition) is 3. The van der Waals surface area contributed by atoms with E-state index in [-0.39, 0.29) is 0 Å². The average molecular weight is 301 g/mol. The monoisotopic (exact) mass is 301 g/mol.